The fourth-order valence-corrected chi connectivity index (χ4v) is 2.52. The molecule has 2 aromatic heterocycles. The first-order valence-corrected chi connectivity index (χ1v) is 10.8. The molecule has 5 heteroatoms. The fourth-order valence-electron chi connectivity index (χ4n) is 2.00. The Morgan fingerprint density at radius 3 is 2.52 bits per heavy atom. The van der Waals surface area contributed by atoms with Gasteiger partial charge in [0.05, 0.1) is 11.6 Å². The molecule has 0 amide bonds. The molecule has 0 saturated heterocycles. The van der Waals surface area contributed by atoms with Crippen LogP contribution in [0.5, 0.6) is 0 Å². The smallest absolute Gasteiger partial charge is 0.284 e. The molecular weight excluding hydrogens is 304 g/mol. The predicted octanol–water partition coefficient (Wildman–Crippen LogP) is 3.48. The van der Waals surface area contributed by atoms with Gasteiger partial charge >= 0.3 is 0 Å². The van der Waals surface area contributed by atoms with E-state index < -0.39 is 8.07 Å². The van der Waals surface area contributed by atoms with Crippen molar-refractivity contribution in [3.05, 3.63) is 58.6 Å². The molecule has 114 valence electrons. The number of pyridine rings is 1. The molecule has 0 fully saturated rings. The molecule has 0 radical (unpaired) electrons. The van der Waals surface area contributed by atoms with Crippen LogP contribution >= 0.6 is 0 Å². The van der Waals surface area contributed by atoms with Crippen LogP contribution in [-0.2, 0) is 0 Å². The lowest BCUT2D eigenvalue weighted by atomic mass is 10.1. The number of aromatic nitrogens is 2. The van der Waals surface area contributed by atoms with E-state index in [1.807, 2.05) is 24.3 Å². The van der Waals surface area contributed by atoms with Crippen LogP contribution in [0.15, 0.2) is 51.9 Å². The van der Waals surface area contributed by atoms with Crippen molar-refractivity contribution in [2.24, 2.45) is 0 Å². The first-order valence-electron chi connectivity index (χ1n) is 7.31. The topological polar surface area (TPSA) is 56.0 Å². The van der Waals surface area contributed by atoms with Crippen molar-refractivity contribution in [3.8, 4) is 22.9 Å². The van der Waals surface area contributed by atoms with Crippen molar-refractivity contribution in [3.63, 3.8) is 0 Å². The number of rotatable bonds is 1. The van der Waals surface area contributed by atoms with Crippen LogP contribution in [-0.4, -0.2) is 18.0 Å². The predicted molar refractivity (Wildman–Crippen MR) is 93.7 cm³/mol. The summed E-state index contributed by atoms with van der Waals surface area (Å²) in [4.78, 5) is 20.0. The Bertz CT molecular complexity index is 974. The highest BCUT2D eigenvalue weighted by Gasteiger charge is 2.09. The first kappa shape index (κ1) is 15.2. The van der Waals surface area contributed by atoms with E-state index in [1.165, 1.54) is 6.20 Å². The number of hydrogen-bond donors (Lipinski definition) is 0. The van der Waals surface area contributed by atoms with Crippen LogP contribution in [0, 0.1) is 11.5 Å². The average molecular weight is 320 g/mol. The Morgan fingerprint density at radius 1 is 1.09 bits per heavy atom. The van der Waals surface area contributed by atoms with Gasteiger partial charge < -0.3 is 4.42 Å². The summed E-state index contributed by atoms with van der Waals surface area (Å²) in [7, 11) is -1.40. The molecule has 0 saturated carbocycles. The van der Waals surface area contributed by atoms with Crippen molar-refractivity contribution in [2.45, 2.75) is 19.6 Å². The molecule has 3 rings (SSSR count). The fraction of sp³-hybridized carbons (Fsp3) is 0.167. The quantitative estimate of drug-likeness (QED) is 0.509. The average Bonchev–Trinajstić information content (AvgIpc) is 2.53. The zero-order valence-corrected chi connectivity index (χ0v) is 14.3. The highest BCUT2D eigenvalue weighted by atomic mass is 28.3. The standard InChI is InChI=1S/C18H16N2O2Si/c1-23(2,3)11-9-13-4-6-14(7-5-13)18-20-17(21)15-8-10-19-12-16(15)22-18/h4-8,10,12H,1-3H3. The van der Waals surface area contributed by atoms with Gasteiger partial charge in [0.15, 0.2) is 5.58 Å². The maximum Gasteiger partial charge on any atom is 0.284 e. The van der Waals surface area contributed by atoms with Crippen molar-refractivity contribution >= 4 is 19.0 Å². The maximum atomic E-state index is 12.0. The molecule has 23 heavy (non-hydrogen) atoms. The van der Waals surface area contributed by atoms with Crippen molar-refractivity contribution in [1.29, 1.82) is 0 Å². The van der Waals surface area contributed by atoms with Gasteiger partial charge in [-0.25, -0.2) is 0 Å². The SMILES string of the molecule is C[Si](C)(C)C#Cc1ccc(-c2nc(=O)c3ccncc3o2)cc1. The van der Waals surface area contributed by atoms with Gasteiger partial charge in [-0.3, -0.25) is 9.78 Å². The monoisotopic (exact) mass is 320 g/mol. The largest absolute Gasteiger partial charge is 0.436 e. The second-order valence-corrected chi connectivity index (χ2v) is 11.0. The second-order valence-electron chi connectivity index (χ2n) is 6.27. The molecule has 2 heterocycles. The molecule has 4 nitrogen and oxygen atoms in total. The number of hydrogen-bond acceptors (Lipinski definition) is 4. The third-order valence-corrected chi connectivity index (χ3v) is 4.01. The Hall–Kier alpha value is -2.71. The van der Waals surface area contributed by atoms with Crippen molar-refractivity contribution in [1.82, 2.24) is 9.97 Å². The third-order valence-electron chi connectivity index (χ3n) is 3.14. The van der Waals surface area contributed by atoms with Gasteiger partial charge in [-0.05, 0) is 30.3 Å². The Balaban J connectivity index is 1.99. The van der Waals surface area contributed by atoms with Gasteiger partial charge in [-0.2, -0.15) is 4.98 Å². The van der Waals surface area contributed by atoms with Crippen molar-refractivity contribution < 1.29 is 4.42 Å². The lowest BCUT2D eigenvalue weighted by Crippen LogP contribution is -2.16. The van der Waals surface area contributed by atoms with Gasteiger partial charge in [0.25, 0.3) is 5.56 Å². The van der Waals surface area contributed by atoms with Gasteiger partial charge in [0.2, 0.25) is 5.89 Å². The molecule has 3 aromatic rings. The summed E-state index contributed by atoms with van der Waals surface area (Å²) in [5.41, 5.74) is 5.13. The van der Waals surface area contributed by atoms with E-state index in [0.717, 1.165) is 11.1 Å². The minimum atomic E-state index is -1.40. The van der Waals surface area contributed by atoms with Crippen molar-refractivity contribution in [2.75, 3.05) is 0 Å². The van der Waals surface area contributed by atoms with E-state index >= 15 is 0 Å². The van der Waals surface area contributed by atoms with Crippen LogP contribution in [0.3, 0.4) is 0 Å². The molecular formula is C18H16N2O2Si. The summed E-state index contributed by atoms with van der Waals surface area (Å²) in [6, 6.07) is 9.16. The zero-order chi connectivity index (χ0) is 16.4. The Labute approximate surface area is 135 Å². The molecule has 0 N–H and O–H groups in total. The van der Waals surface area contributed by atoms with E-state index in [0.29, 0.717) is 16.9 Å². The lowest BCUT2D eigenvalue weighted by molar-refractivity contribution is 0.593. The Kier molecular flexibility index (Phi) is 3.85. The molecule has 0 aliphatic rings. The van der Waals surface area contributed by atoms with E-state index in [9.17, 15) is 4.79 Å². The van der Waals surface area contributed by atoms with Gasteiger partial charge in [0, 0.05) is 17.3 Å². The van der Waals surface area contributed by atoms with Crippen LogP contribution in [0.1, 0.15) is 5.56 Å². The van der Waals surface area contributed by atoms with E-state index in [4.69, 9.17) is 4.42 Å². The van der Waals surface area contributed by atoms with Crippen LogP contribution < -0.4 is 5.56 Å². The molecule has 0 spiro atoms. The van der Waals surface area contributed by atoms with Crippen LogP contribution in [0.4, 0.5) is 0 Å². The second kappa shape index (κ2) is 5.82. The van der Waals surface area contributed by atoms with E-state index in [-0.39, 0.29) is 5.56 Å². The number of fused-ring (bicyclic) bond motifs is 1. The molecule has 0 aliphatic carbocycles. The summed E-state index contributed by atoms with van der Waals surface area (Å²) >= 11 is 0. The highest BCUT2D eigenvalue weighted by molar-refractivity contribution is 6.83. The Morgan fingerprint density at radius 2 is 1.83 bits per heavy atom. The van der Waals surface area contributed by atoms with Crippen LogP contribution in [0.2, 0.25) is 19.6 Å². The summed E-state index contributed by atoms with van der Waals surface area (Å²) in [6.45, 7) is 6.61. The van der Waals surface area contributed by atoms with Crippen LogP contribution in [0.25, 0.3) is 22.4 Å². The number of benzene rings is 1. The molecule has 0 bridgehead atoms. The molecule has 1 aromatic carbocycles. The molecule has 0 unspecified atom stereocenters. The summed E-state index contributed by atoms with van der Waals surface area (Å²) < 4.78 is 5.68. The number of nitrogens with zero attached hydrogens (tertiary/aromatic N) is 2. The van der Waals surface area contributed by atoms with Gasteiger partial charge in [-0.1, -0.05) is 25.6 Å². The lowest BCUT2D eigenvalue weighted by Gasteiger charge is -2.04. The van der Waals surface area contributed by atoms with E-state index in [1.54, 1.807) is 12.3 Å². The third kappa shape index (κ3) is 3.55. The summed E-state index contributed by atoms with van der Waals surface area (Å²) in [5, 5.41) is 0.432. The molecule has 0 atom stereocenters. The maximum absolute atomic E-state index is 12.0. The van der Waals surface area contributed by atoms with Gasteiger partial charge in [0.1, 0.15) is 8.07 Å². The summed E-state index contributed by atoms with van der Waals surface area (Å²) in [5.74, 6) is 3.49. The summed E-state index contributed by atoms with van der Waals surface area (Å²) in [6.07, 6.45) is 3.07. The minimum Gasteiger partial charge on any atom is -0.436 e. The van der Waals surface area contributed by atoms with E-state index in [2.05, 4.69) is 41.1 Å². The first-order chi connectivity index (χ1) is 10.9. The minimum absolute atomic E-state index is 0.292. The zero-order valence-electron chi connectivity index (χ0n) is 13.3. The molecule has 0 aliphatic heterocycles. The van der Waals surface area contributed by atoms with Gasteiger partial charge in [-0.15, -0.1) is 5.54 Å². The normalized spacial score (nSPS) is 11.1. The highest BCUT2D eigenvalue weighted by Crippen LogP contribution is 2.19.